The van der Waals surface area contributed by atoms with Gasteiger partial charge in [-0.3, -0.25) is 9.59 Å². The van der Waals surface area contributed by atoms with Crippen molar-refractivity contribution in [3.63, 3.8) is 0 Å². The normalized spacial score (nSPS) is 22.1. The fourth-order valence-corrected chi connectivity index (χ4v) is 2.39. The maximum atomic E-state index is 12.0. The molecule has 0 bridgehead atoms. The predicted molar refractivity (Wildman–Crippen MR) is 68.4 cm³/mol. The Morgan fingerprint density at radius 3 is 2.11 bits per heavy atom. The second kappa shape index (κ2) is 4.80. The van der Waals surface area contributed by atoms with E-state index in [9.17, 15) is 9.59 Å². The Hall–Kier alpha value is -1.84. The van der Waals surface area contributed by atoms with Crippen LogP contribution in [0.5, 0.6) is 0 Å². The summed E-state index contributed by atoms with van der Waals surface area (Å²) in [6, 6.07) is 5.80. The maximum absolute atomic E-state index is 12.0. The summed E-state index contributed by atoms with van der Waals surface area (Å²) in [6.45, 7) is 3.93. The van der Waals surface area contributed by atoms with Crippen LogP contribution in [0.15, 0.2) is 18.2 Å². The summed E-state index contributed by atoms with van der Waals surface area (Å²) in [4.78, 5) is 22.8. The van der Waals surface area contributed by atoms with E-state index in [2.05, 4.69) is 5.32 Å². The lowest BCUT2D eigenvalue weighted by atomic mass is 9.73. The molecule has 0 saturated heterocycles. The number of aliphatic carboxylic acids is 1. The molecule has 0 radical (unpaired) electrons. The molecule has 2 unspecified atom stereocenters. The summed E-state index contributed by atoms with van der Waals surface area (Å²) >= 11 is 0. The van der Waals surface area contributed by atoms with Crippen molar-refractivity contribution in [1.29, 1.82) is 0 Å². The van der Waals surface area contributed by atoms with Gasteiger partial charge < -0.3 is 10.4 Å². The van der Waals surface area contributed by atoms with Gasteiger partial charge in [0.25, 0.3) is 0 Å². The molecule has 2 atom stereocenters. The number of benzene rings is 1. The zero-order valence-corrected chi connectivity index (χ0v) is 10.6. The van der Waals surface area contributed by atoms with Gasteiger partial charge in [-0.2, -0.15) is 0 Å². The van der Waals surface area contributed by atoms with Crippen LogP contribution < -0.4 is 5.32 Å². The van der Waals surface area contributed by atoms with Crippen LogP contribution in [0.1, 0.15) is 24.0 Å². The lowest BCUT2D eigenvalue weighted by molar-refractivity contribution is -0.151. The standard InChI is InChI=1S/C14H17NO3/c1-8-5-9(2)7-10(6-8)15-13(16)11-3-4-12(11)14(17)18/h5-7,11-12H,3-4H2,1-2H3,(H,15,16)(H,17,18). The summed E-state index contributed by atoms with van der Waals surface area (Å²) in [6.07, 6.45) is 1.26. The number of carboxylic acids is 1. The molecule has 1 aliphatic carbocycles. The smallest absolute Gasteiger partial charge is 0.307 e. The first-order chi connectivity index (χ1) is 8.47. The van der Waals surface area contributed by atoms with Gasteiger partial charge in [0.2, 0.25) is 5.91 Å². The number of carboxylic acid groups (broad SMARTS) is 1. The monoisotopic (exact) mass is 247 g/mol. The third-order valence-electron chi connectivity index (χ3n) is 3.42. The number of hydrogen-bond acceptors (Lipinski definition) is 2. The molecule has 96 valence electrons. The zero-order chi connectivity index (χ0) is 13.3. The van der Waals surface area contributed by atoms with Gasteiger partial charge in [-0.15, -0.1) is 0 Å². The molecule has 1 aromatic rings. The Kier molecular flexibility index (Phi) is 3.36. The number of anilines is 1. The number of aryl methyl sites for hydroxylation is 2. The fourth-order valence-electron chi connectivity index (χ4n) is 2.39. The highest BCUT2D eigenvalue weighted by Crippen LogP contribution is 2.35. The topological polar surface area (TPSA) is 66.4 Å². The summed E-state index contributed by atoms with van der Waals surface area (Å²) < 4.78 is 0. The number of carbonyl (C=O) groups is 2. The highest BCUT2D eigenvalue weighted by molar-refractivity contribution is 5.96. The van der Waals surface area contributed by atoms with Crippen LogP contribution in [-0.2, 0) is 9.59 Å². The lowest BCUT2D eigenvalue weighted by Crippen LogP contribution is -2.41. The van der Waals surface area contributed by atoms with Crippen LogP contribution >= 0.6 is 0 Å². The van der Waals surface area contributed by atoms with Gasteiger partial charge in [0.1, 0.15) is 0 Å². The second-order valence-corrected chi connectivity index (χ2v) is 4.99. The molecule has 0 aliphatic heterocycles. The first-order valence-electron chi connectivity index (χ1n) is 6.09. The molecule has 2 N–H and O–H groups in total. The number of nitrogens with one attached hydrogen (secondary N) is 1. The number of carbonyl (C=O) groups excluding carboxylic acids is 1. The molecule has 1 fully saturated rings. The fraction of sp³-hybridized carbons (Fsp3) is 0.429. The molecule has 1 amide bonds. The maximum Gasteiger partial charge on any atom is 0.307 e. The van der Waals surface area contributed by atoms with E-state index < -0.39 is 11.9 Å². The zero-order valence-electron chi connectivity index (χ0n) is 10.6. The van der Waals surface area contributed by atoms with Gasteiger partial charge in [0.15, 0.2) is 0 Å². The molecule has 0 spiro atoms. The van der Waals surface area contributed by atoms with Crippen molar-refractivity contribution in [2.45, 2.75) is 26.7 Å². The van der Waals surface area contributed by atoms with E-state index in [1.807, 2.05) is 32.0 Å². The minimum Gasteiger partial charge on any atom is -0.481 e. The summed E-state index contributed by atoms with van der Waals surface area (Å²) in [5.41, 5.74) is 2.90. The Morgan fingerprint density at radius 2 is 1.67 bits per heavy atom. The highest BCUT2D eigenvalue weighted by atomic mass is 16.4. The summed E-state index contributed by atoms with van der Waals surface area (Å²) in [5.74, 6) is -1.96. The van der Waals surface area contributed by atoms with E-state index >= 15 is 0 Å². The molecule has 2 rings (SSSR count). The van der Waals surface area contributed by atoms with Crippen LogP contribution in [-0.4, -0.2) is 17.0 Å². The van der Waals surface area contributed by atoms with Crippen molar-refractivity contribution in [2.24, 2.45) is 11.8 Å². The number of hydrogen-bond donors (Lipinski definition) is 2. The van der Waals surface area contributed by atoms with Crippen molar-refractivity contribution in [1.82, 2.24) is 0 Å². The molecular weight excluding hydrogens is 230 g/mol. The SMILES string of the molecule is Cc1cc(C)cc(NC(=O)C2CCC2C(=O)O)c1. The van der Waals surface area contributed by atoms with Gasteiger partial charge in [-0.25, -0.2) is 0 Å². The van der Waals surface area contributed by atoms with Gasteiger partial charge in [-0.05, 0) is 49.9 Å². The van der Waals surface area contributed by atoms with Crippen LogP contribution in [0.4, 0.5) is 5.69 Å². The van der Waals surface area contributed by atoms with E-state index in [4.69, 9.17) is 5.11 Å². The van der Waals surface area contributed by atoms with Crippen molar-refractivity contribution in [3.05, 3.63) is 29.3 Å². The van der Waals surface area contributed by atoms with Crippen LogP contribution in [0.3, 0.4) is 0 Å². The van der Waals surface area contributed by atoms with Crippen LogP contribution in [0.2, 0.25) is 0 Å². The molecule has 1 aliphatic rings. The third-order valence-corrected chi connectivity index (χ3v) is 3.42. The Balaban J connectivity index is 2.05. The second-order valence-electron chi connectivity index (χ2n) is 4.99. The molecule has 4 heteroatoms. The van der Waals surface area contributed by atoms with Crippen molar-refractivity contribution >= 4 is 17.6 Å². The van der Waals surface area contributed by atoms with E-state index in [1.165, 1.54) is 0 Å². The average molecular weight is 247 g/mol. The van der Waals surface area contributed by atoms with E-state index in [0.717, 1.165) is 16.8 Å². The minimum absolute atomic E-state index is 0.182. The van der Waals surface area contributed by atoms with Crippen LogP contribution in [0, 0.1) is 25.7 Å². The van der Waals surface area contributed by atoms with E-state index in [-0.39, 0.29) is 11.8 Å². The average Bonchev–Trinajstić information content (AvgIpc) is 2.11. The van der Waals surface area contributed by atoms with Crippen molar-refractivity contribution in [3.8, 4) is 0 Å². The van der Waals surface area contributed by atoms with Gasteiger partial charge in [0, 0.05) is 5.69 Å². The van der Waals surface area contributed by atoms with Gasteiger partial charge >= 0.3 is 5.97 Å². The molecule has 1 aromatic carbocycles. The molecule has 4 nitrogen and oxygen atoms in total. The minimum atomic E-state index is -0.873. The first kappa shape index (κ1) is 12.6. The van der Waals surface area contributed by atoms with E-state index in [0.29, 0.717) is 12.8 Å². The Morgan fingerprint density at radius 1 is 1.11 bits per heavy atom. The van der Waals surface area contributed by atoms with Crippen LogP contribution in [0.25, 0.3) is 0 Å². The summed E-state index contributed by atoms with van der Waals surface area (Å²) in [5, 5.41) is 11.7. The van der Waals surface area contributed by atoms with E-state index in [1.54, 1.807) is 0 Å². The molecule has 0 aromatic heterocycles. The third kappa shape index (κ3) is 2.53. The lowest BCUT2D eigenvalue weighted by Gasteiger charge is -2.31. The number of rotatable bonds is 3. The molecule has 0 heterocycles. The first-order valence-corrected chi connectivity index (χ1v) is 6.09. The molecule has 18 heavy (non-hydrogen) atoms. The molecule has 1 saturated carbocycles. The highest BCUT2D eigenvalue weighted by Gasteiger charge is 2.41. The van der Waals surface area contributed by atoms with Gasteiger partial charge in [0.05, 0.1) is 11.8 Å². The predicted octanol–water partition coefficient (Wildman–Crippen LogP) is 2.35. The summed E-state index contributed by atoms with van der Waals surface area (Å²) in [7, 11) is 0. The van der Waals surface area contributed by atoms with Crippen molar-refractivity contribution < 1.29 is 14.7 Å². The van der Waals surface area contributed by atoms with Crippen molar-refractivity contribution in [2.75, 3.05) is 5.32 Å². The van der Waals surface area contributed by atoms with Gasteiger partial charge in [-0.1, -0.05) is 6.07 Å². The quantitative estimate of drug-likeness (QED) is 0.861. The Bertz CT molecular complexity index is 476. The molecular formula is C14H17NO3. The largest absolute Gasteiger partial charge is 0.481 e. The number of amides is 1. The Labute approximate surface area is 106 Å².